The molecule has 0 amide bonds. The molecule has 1 aliphatic carbocycles. The van der Waals surface area contributed by atoms with Crippen LogP contribution in [0.3, 0.4) is 0 Å². The number of nitrogens with one attached hydrogen (secondary N) is 2. The fourth-order valence-corrected chi connectivity index (χ4v) is 3.99. The maximum absolute atomic E-state index is 4.73. The lowest BCUT2D eigenvalue weighted by molar-refractivity contribution is 0.767. The summed E-state index contributed by atoms with van der Waals surface area (Å²) in [5, 5.41) is 6.88. The van der Waals surface area contributed by atoms with Crippen LogP contribution in [0.2, 0.25) is 0 Å². The van der Waals surface area contributed by atoms with Gasteiger partial charge < -0.3 is 15.5 Å². The molecule has 144 valence electrons. The van der Waals surface area contributed by atoms with Crippen LogP contribution in [0.4, 0.5) is 5.82 Å². The molecule has 0 aliphatic heterocycles. The smallest absolute Gasteiger partial charge is 0.191 e. The number of hydrogen-bond acceptors (Lipinski definition) is 4. The molecule has 1 fully saturated rings. The average molecular weight is 384 g/mol. The Labute approximate surface area is 166 Å². The highest BCUT2D eigenvalue weighted by Crippen LogP contribution is 2.51. The Hall–Kier alpha value is -2.21. The number of pyridine rings is 1. The number of hydrogen-bond donors (Lipinski definition) is 2. The molecular weight excluding hydrogens is 354 g/mol. The summed E-state index contributed by atoms with van der Waals surface area (Å²) < 4.78 is 0.292. The second-order valence-corrected chi connectivity index (χ2v) is 8.57. The quantitative estimate of drug-likeness (QED) is 0.539. The van der Waals surface area contributed by atoms with Gasteiger partial charge in [-0.25, -0.2) is 9.98 Å². The second-order valence-electron chi connectivity index (χ2n) is 7.03. The van der Waals surface area contributed by atoms with E-state index in [1.54, 1.807) is 0 Å². The van der Waals surface area contributed by atoms with Crippen LogP contribution >= 0.6 is 11.8 Å². The molecule has 1 aliphatic rings. The van der Waals surface area contributed by atoms with E-state index >= 15 is 0 Å². The van der Waals surface area contributed by atoms with Crippen molar-refractivity contribution in [2.45, 2.75) is 36.0 Å². The minimum Gasteiger partial charge on any atom is -0.363 e. The van der Waals surface area contributed by atoms with Crippen molar-refractivity contribution in [2.75, 3.05) is 32.1 Å². The fraction of sp³-hybridized carbons (Fsp3) is 0.429. The first-order valence-corrected chi connectivity index (χ1v) is 10.3. The van der Waals surface area contributed by atoms with Gasteiger partial charge in [0.1, 0.15) is 5.82 Å². The summed E-state index contributed by atoms with van der Waals surface area (Å²) in [7, 11) is 4.00. The summed E-state index contributed by atoms with van der Waals surface area (Å²) in [5.74, 6) is 1.81. The maximum Gasteiger partial charge on any atom is 0.191 e. The molecular formula is C21H29N5S. The van der Waals surface area contributed by atoms with Crippen LogP contribution < -0.4 is 15.5 Å². The van der Waals surface area contributed by atoms with Gasteiger partial charge >= 0.3 is 0 Å². The SMILES string of the molecule is CCNC(=NCc1cccc(N(C)C)n1)NCC1(Sc2ccccc2)CC1. The first-order chi connectivity index (χ1) is 13.1. The van der Waals surface area contributed by atoms with E-state index in [4.69, 9.17) is 4.99 Å². The molecule has 0 bridgehead atoms. The number of guanidine groups is 1. The van der Waals surface area contributed by atoms with E-state index in [0.717, 1.165) is 30.6 Å². The van der Waals surface area contributed by atoms with Crippen molar-refractivity contribution in [1.82, 2.24) is 15.6 Å². The van der Waals surface area contributed by atoms with Gasteiger partial charge in [-0.05, 0) is 44.0 Å². The van der Waals surface area contributed by atoms with Gasteiger partial charge in [0.2, 0.25) is 0 Å². The maximum atomic E-state index is 4.73. The third-order valence-corrected chi connectivity index (χ3v) is 5.95. The number of anilines is 1. The topological polar surface area (TPSA) is 52.6 Å². The third kappa shape index (κ3) is 5.89. The van der Waals surface area contributed by atoms with Gasteiger partial charge in [-0.1, -0.05) is 24.3 Å². The lowest BCUT2D eigenvalue weighted by Crippen LogP contribution is -2.41. The minimum atomic E-state index is 0.292. The monoisotopic (exact) mass is 383 g/mol. The summed E-state index contributed by atoms with van der Waals surface area (Å²) in [6, 6.07) is 16.7. The highest BCUT2D eigenvalue weighted by Gasteiger charge is 2.43. The van der Waals surface area contributed by atoms with Gasteiger partial charge in [-0.15, -0.1) is 11.8 Å². The number of thioether (sulfide) groups is 1. The zero-order valence-electron chi connectivity index (χ0n) is 16.4. The first-order valence-electron chi connectivity index (χ1n) is 9.50. The van der Waals surface area contributed by atoms with E-state index in [0.29, 0.717) is 11.3 Å². The van der Waals surface area contributed by atoms with Crippen molar-refractivity contribution in [3.8, 4) is 0 Å². The van der Waals surface area contributed by atoms with Gasteiger partial charge in [-0.2, -0.15) is 0 Å². The highest BCUT2D eigenvalue weighted by molar-refractivity contribution is 8.01. The zero-order chi connectivity index (χ0) is 19.1. The summed E-state index contributed by atoms with van der Waals surface area (Å²) in [5.41, 5.74) is 0.971. The Morgan fingerprint density at radius 1 is 1.11 bits per heavy atom. The fourth-order valence-electron chi connectivity index (χ4n) is 2.74. The minimum absolute atomic E-state index is 0.292. The lowest BCUT2D eigenvalue weighted by Gasteiger charge is -2.18. The molecule has 1 saturated carbocycles. The molecule has 0 unspecified atom stereocenters. The van der Waals surface area contributed by atoms with Crippen LogP contribution in [0, 0.1) is 0 Å². The largest absolute Gasteiger partial charge is 0.363 e. The number of benzene rings is 1. The van der Waals surface area contributed by atoms with Crippen LogP contribution in [0.25, 0.3) is 0 Å². The predicted octanol–water partition coefficient (Wildman–Crippen LogP) is 3.53. The van der Waals surface area contributed by atoms with E-state index in [-0.39, 0.29) is 0 Å². The molecule has 1 aromatic heterocycles. The van der Waals surface area contributed by atoms with E-state index in [9.17, 15) is 0 Å². The van der Waals surface area contributed by atoms with Gasteiger partial charge in [0.25, 0.3) is 0 Å². The van der Waals surface area contributed by atoms with Crippen molar-refractivity contribution in [2.24, 2.45) is 4.99 Å². The molecule has 0 spiro atoms. The van der Waals surface area contributed by atoms with E-state index in [2.05, 4.69) is 52.9 Å². The molecule has 6 heteroatoms. The predicted molar refractivity (Wildman–Crippen MR) is 116 cm³/mol. The summed E-state index contributed by atoms with van der Waals surface area (Å²) in [6.07, 6.45) is 2.48. The van der Waals surface area contributed by atoms with Crippen molar-refractivity contribution in [3.05, 3.63) is 54.2 Å². The highest BCUT2D eigenvalue weighted by atomic mass is 32.2. The van der Waals surface area contributed by atoms with Crippen LogP contribution in [-0.4, -0.2) is 42.9 Å². The van der Waals surface area contributed by atoms with Crippen molar-refractivity contribution >= 4 is 23.5 Å². The van der Waals surface area contributed by atoms with Gasteiger partial charge in [-0.3, -0.25) is 0 Å². The zero-order valence-corrected chi connectivity index (χ0v) is 17.2. The van der Waals surface area contributed by atoms with E-state index in [1.165, 1.54) is 17.7 Å². The van der Waals surface area contributed by atoms with Crippen LogP contribution in [-0.2, 0) is 6.54 Å². The van der Waals surface area contributed by atoms with Gasteiger partial charge in [0.05, 0.1) is 12.2 Å². The molecule has 0 saturated heterocycles. The molecule has 2 N–H and O–H groups in total. The average Bonchev–Trinajstić information content (AvgIpc) is 3.44. The second kappa shape index (κ2) is 9.13. The summed E-state index contributed by atoms with van der Waals surface area (Å²) in [4.78, 5) is 12.7. The van der Waals surface area contributed by atoms with Crippen molar-refractivity contribution in [1.29, 1.82) is 0 Å². The molecule has 27 heavy (non-hydrogen) atoms. The Bertz CT molecular complexity index is 756. The Morgan fingerprint density at radius 2 is 1.89 bits per heavy atom. The number of aliphatic imine (C=N–C) groups is 1. The van der Waals surface area contributed by atoms with Gasteiger partial charge in [0.15, 0.2) is 5.96 Å². The molecule has 5 nitrogen and oxygen atoms in total. The van der Waals surface area contributed by atoms with E-state index < -0.39 is 0 Å². The van der Waals surface area contributed by atoms with Crippen LogP contribution in [0.5, 0.6) is 0 Å². The molecule has 3 rings (SSSR count). The first kappa shape index (κ1) is 19.5. The van der Waals surface area contributed by atoms with E-state index in [1.807, 2.05) is 49.0 Å². The Kier molecular flexibility index (Phi) is 6.61. The molecule has 2 aromatic rings. The summed E-state index contributed by atoms with van der Waals surface area (Å²) in [6.45, 7) is 4.42. The molecule has 0 radical (unpaired) electrons. The van der Waals surface area contributed by atoms with Crippen molar-refractivity contribution < 1.29 is 0 Å². The Morgan fingerprint density at radius 3 is 2.56 bits per heavy atom. The molecule has 1 aromatic carbocycles. The Balaban J connectivity index is 1.59. The van der Waals surface area contributed by atoms with Crippen molar-refractivity contribution in [3.63, 3.8) is 0 Å². The third-order valence-electron chi connectivity index (χ3n) is 4.46. The van der Waals surface area contributed by atoms with Gasteiger partial charge in [0, 0.05) is 36.8 Å². The summed E-state index contributed by atoms with van der Waals surface area (Å²) >= 11 is 1.97. The molecule has 1 heterocycles. The number of rotatable bonds is 8. The number of aromatic nitrogens is 1. The standard InChI is InChI=1S/C21H29N5S/c1-4-22-20(23-15-17-9-8-12-19(25-17)26(2)3)24-16-21(13-14-21)27-18-10-6-5-7-11-18/h5-12H,4,13-16H2,1-3H3,(H2,22,23,24). The molecule has 0 atom stereocenters. The number of nitrogens with zero attached hydrogens (tertiary/aromatic N) is 3. The normalized spacial score (nSPS) is 15.3. The van der Waals surface area contributed by atoms with Crippen LogP contribution in [0.1, 0.15) is 25.5 Å². The van der Waals surface area contributed by atoms with Crippen LogP contribution in [0.15, 0.2) is 58.4 Å². The lowest BCUT2D eigenvalue weighted by atomic mass is 10.3.